The van der Waals surface area contributed by atoms with E-state index in [0.29, 0.717) is 12.1 Å². The minimum absolute atomic E-state index is 0.434. The zero-order chi connectivity index (χ0) is 11.2. The van der Waals surface area contributed by atoms with Gasteiger partial charge in [-0.05, 0) is 12.8 Å². The number of fused-ring (bicyclic) bond motifs is 3. The third kappa shape index (κ3) is 1.94. The number of hydrogen-bond acceptors (Lipinski definition) is 6. The van der Waals surface area contributed by atoms with E-state index in [0.717, 1.165) is 17.5 Å². The standard InChI is InChI=1S/C11H17N5S/c1-2-8(1)12-11-13-10(14-17-11)9-7-15-3-5-16(9)6-4-15/h8-9H,1-7H2,(H,12,13,14). The van der Waals surface area contributed by atoms with Crippen molar-refractivity contribution in [2.45, 2.75) is 24.9 Å². The summed E-state index contributed by atoms with van der Waals surface area (Å²) in [7, 11) is 0. The topological polar surface area (TPSA) is 44.3 Å². The fourth-order valence-corrected chi connectivity index (χ4v) is 3.39. The molecule has 5 rings (SSSR count). The summed E-state index contributed by atoms with van der Waals surface area (Å²) in [6.45, 7) is 5.89. The largest absolute Gasteiger partial charge is 0.358 e. The molecule has 6 heteroatoms. The highest BCUT2D eigenvalue weighted by Gasteiger charge is 2.35. The van der Waals surface area contributed by atoms with Crippen molar-refractivity contribution in [3.63, 3.8) is 0 Å². The molecular weight excluding hydrogens is 234 g/mol. The molecule has 17 heavy (non-hydrogen) atoms. The summed E-state index contributed by atoms with van der Waals surface area (Å²) >= 11 is 1.52. The lowest BCUT2D eigenvalue weighted by Crippen LogP contribution is -2.57. The number of nitrogens with zero attached hydrogens (tertiary/aromatic N) is 4. The Balaban J connectivity index is 1.51. The van der Waals surface area contributed by atoms with Gasteiger partial charge in [0.05, 0.1) is 6.04 Å². The Hall–Kier alpha value is -0.720. The maximum atomic E-state index is 4.66. The number of aromatic nitrogens is 2. The van der Waals surface area contributed by atoms with Gasteiger partial charge in [-0.3, -0.25) is 9.80 Å². The van der Waals surface area contributed by atoms with Crippen LogP contribution in [0.25, 0.3) is 0 Å². The third-order valence-electron chi connectivity index (χ3n) is 3.92. The molecule has 3 aliphatic heterocycles. The molecule has 2 bridgehead atoms. The number of piperazine rings is 3. The van der Waals surface area contributed by atoms with Gasteiger partial charge >= 0.3 is 0 Å². The highest BCUT2D eigenvalue weighted by Crippen LogP contribution is 2.30. The molecule has 1 unspecified atom stereocenters. The van der Waals surface area contributed by atoms with E-state index in [1.54, 1.807) is 0 Å². The van der Waals surface area contributed by atoms with Crippen molar-refractivity contribution in [3.05, 3.63) is 5.82 Å². The molecule has 0 amide bonds. The van der Waals surface area contributed by atoms with Crippen LogP contribution in [0.1, 0.15) is 24.7 Å². The van der Waals surface area contributed by atoms with Crippen LogP contribution in [0.4, 0.5) is 5.13 Å². The summed E-state index contributed by atoms with van der Waals surface area (Å²) in [5.74, 6) is 1.03. The fourth-order valence-electron chi connectivity index (χ4n) is 2.69. The molecule has 92 valence electrons. The van der Waals surface area contributed by atoms with E-state index in [-0.39, 0.29) is 0 Å². The van der Waals surface area contributed by atoms with Crippen molar-refractivity contribution in [1.82, 2.24) is 19.2 Å². The zero-order valence-corrected chi connectivity index (χ0v) is 10.6. The van der Waals surface area contributed by atoms with Crippen LogP contribution in [0.5, 0.6) is 0 Å². The lowest BCUT2D eigenvalue weighted by molar-refractivity contribution is 0.00918. The van der Waals surface area contributed by atoms with Gasteiger partial charge in [0.15, 0.2) is 5.82 Å². The first-order valence-electron chi connectivity index (χ1n) is 6.45. The van der Waals surface area contributed by atoms with Crippen LogP contribution >= 0.6 is 11.5 Å². The highest BCUT2D eigenvalue weighted by molar-refractivity contribution is 7.09. The molecule has 1 aromatic heterocycles. The molecule has 1 N–H and O–H groups in total. The van der Waals surface area contributed by atoms with Crippen LogP contribution in [-0.2, 0) is 0 Å². The maximum absolute atomic E-state index is 4.66. The minimum Gasteiger partial charge on any atom is -0.358 e. The average Bonchev–Trinajstić information content (AvgIpc) is 3.06. The Morgan fingerprint density at radius 3 is 2.65 bits per heavy atom. The Bertz CT molecular complexity index is 408. The van der Waals surface area contributed by atoms with Gasteiger partial charge in [-0.25, -0.2) is 4.98 Å². The minimum atomic E-state index is 0.434. The lowest BCUT2D eigenvalue weighted by atomic mass is 10.1. The van der Waals surface area contributed by atoms with Crippen LogP contribution in [0, 0.1) is 0 Å². The van der Waals surface area contributed by atoms with Crippen molar-refractivity contribution in [2.24, 2.45) is 0 Å². The van der Waals surface area contributed by atoms with Crippen molar-refractivity contribution in [2.75, 3.05) is 38.0 Å². The summed E-state index contributed by atoms with van der Waals surface area (Å²) in [5.41, 5.74) is 0. The molecule has 4 fully saturated rings. The number of nitrogens with one attached hydrogen (secondary N) is 1. The molecule has 1 saturated carbocycles. The monoisotopic (exact) mass is 251 g/mol. The SMILES string of the molecule is C1CC1Nc1nc(C2CN3CCN2CC3)ns1. The Kier molecular flexibility index (Phi) is 2.34. The zero-order valence-electron chi connectivity index (χ0n) is 9.80. The van der Waals surface area contributed by atoms with Gasteiger partial charge in [0.25, 0.3) is 0 Å². The predicted octanol–water partition coefficient (Wildman–Crippen LogP) is 0.785. The Morgan fingerprint density at radius 2 is 2.00 bits per heavy atom. The van der Waals surface area contributed by atoms with E-state index in [9.17, 15) is 0 Å². The molecule has 1 atom stereocenters. The second-order valence-corrected chi connectivity index (χ2v) is 5.98. The van der Waals surface area contributed by atoms with Gasteiger partial charge in [0, 0.05) is 50.3 Å². The average molecular weight is 251 g/mol. The van der Waals surface area contributed by atoms with Crippen LogP contribution < -0.4 is 5.32 Å². The molecule has 1 aliphatic carbocycles. The van der Waals surface area contributed by atoms with Crippen LogP contribution in [-0.4, -0.2) is 57.9 Å². The van der Waals surface area contributed by atoms with Crippen molar-refractivity contribution in [3.8, 4) is 0 Å². The Labute approximate surface area is 105 Å². The van der Waals surface area contributed by atoms with Crippen molar-refractivity contribution < 1.29 is 0 Å². The van der Waals surface area contributed by atoms with Crippen LogP contribution in [0.2, 0.25) is 0 Å². The van der Waals surface area contributed by atoms with E-state index < -0.39 is 0 Å². The first kappa shape index (κ1) is 10.2. The van der Waals surface area contributed by atoms with E-state index in [1.165, 1.54) is 50.6 Å². The fraction of sp³-hybridized carbons (Fsp3) is 0.818. The van der Waals surface area contributed by atoms with Gasteiger partial charge < -0.3 is 5.32 Å². The quantitative estimate of drug-likeness (QED) is 0.860. The second kappa shape index (κ2) is 3.90. The van der Waals surface area contributed by atoms with Gasteiger partial charge in [-0.1, -0.05) is 0 Å². The molecule has 4 heterocycles. The normalized spacial score (nSPS) is 36.1. The van der Waals surface area contributed by atoms with Gasteiger partial charge in [0.1, 0.15) is 0 Å². The molecular formula is C11H17N5S. The second-order valence-electron chi connectivity index (χ2n) is 5.23. The van der Waals surface area contributed by atoms with Crippen molar-refractivity contribution >= 4 is 16.7 Å². The molecule has 3 saturated heterocycles. The third-order valence-corrected chi connectivity index (χ3v) is 4.58. The lowest BCUT2D eigenvalue weighted by Gasteiger charge is -2.46. The first-order valence-corrected chi connectivity index (χ1v) is 7.22. The smallest absolute Gasteiger partial charge is 0.202 e. The van der Waals surface area contributed by atoms with E-state index in [1.807, 2.05) is 0 Å². The summed E-state index contributed by atoms with van der Waals surface area (Å²) in [6, 6.07) is 1.10. The van der Waals surface area contributed by atoms with Crippen molar-refractivity contribution in [1.29, 1.82) is 0 Å². The molecule has 0 aromatic carbocycles. The van der Waals surface area contributed by atoms with Crippen LogP contribution in [0.3, 0.4) is 0 Å². The van der Waals surface area contributed by atoms with Gasteiger partial charge in [-0.15, -0.1) is 0 Å². The molecule has 1 aromatic rings. The summed E-state index contributed by atoms with van der Waals surface area (Å²) in [4.78, 5) is 9.72. The van der Waals surface area contributed by atoms with E-state index in [4.69, 9.17) is 0 Å². The van der Waals surface area contributed by atoms with Gasteiger partial charge in [0.2, 0.25) is 5.13 Å². The first-order chi connectivity index (χ1) is 8.38. The molecule has 5 nitrogen and oxygen atoms in total. The molecule has 0 spiro atoms. The molecule has 4 aliphatic rings. The highest BCUT2D eigenvalue weighted by atomic mass is 32.1. The molecule has 0 radical (unpaired) electrons. The summed E-state index contributed by atoms with van der Waals surface area (Å²) in [6.07, 6.45) is 2.58. The van der Waals surface area contributed by atoms with E-state index in [2.05, 4.69) is 24.5 Å². The number of anilines is 1. The maximum Gasteiger partial charge on any atom is 0.202 e. The number of rotatable bonds is 3. The number of hydrogen-bond donors (Lipinski definition) is 1. The van der Waals surface area contributed by atoms with E-state index >= 15 is 0 Å². The predicted molar refractivity (Wildman–Crippen MR) is 67.3 cm³/mol. The summed E-state index contributed by atoms with van der Waals surface area (Å²) < 4.78 is 4.54. The summed E-state index contributed by atoms with van der Waals surface area (Å²) in [5, 5.41) is 4.45. The Morgan fingerprint density at radius 1 is 1.18 bits per heavy atom. The van der Waals surface area contributed by atoms with Crippen LogP contribution in [0.15, 0.2) is 0 Å². The van der Waals surface area contributed by atoms with Gasteiger partial charge in [-0.2, -0.15) is 4.37 Å².